The van der Waals surface area contributed by atoms with Crippen LogP contribution in [-0.4, -0.2) is 87.4 Å². The Labute approximate surface area is 327 Å². The molecule has 4 aliphatic heterocycles. The molecule has 0 aromatic rings. The Balaban J connectivity index is 1.16. The van der Waals surface area contributed by atoms with Crippen molar-refractivity contribution in [3.63, 3.8) is 0 Å². The van der Waals surface area contributed by atoms with E-state index in [0.29, 0.717) is 60.8 Å². The summed E-state index contributed by atoms with van der Waals surface area (Å²) in [7, 11) is 0. The topological polar surface area (TPSA) is 144 Å². The molecule has 1 amide bonds. The fourth-order valence-corrected chi connectivity index (χ4v) is 12.4. The van der Waals surface area contributed by atoms with Gasteiger partial charge in [-0.1, -0.05) is 64.0 Å². The number of hydrogen-bond donors (Lipinski definition) is 4. The molecule has 9 rings (SSSR count). The lowest BCUT2D eigenvalue weighted by Gasteiger charge is -2.56. The minimum atomic E-state index is -2.02. The van der Waals surface area contributed by atoms with E-state index in [1.54, 1.807) is 6.08 Å². The molecule has 4 heterocycles. The van der Waals surface area contributed by atoms with Crippen LogP contribution in [0.5, 0.6) is 0 Å². The normalized spacial score (nSPS) is 51.2. The van der Waals surface area contributed by atoms with Gasteiger partial charge in [-0.05, 0) is 112 Å². The van der Waals surface area contributed by atoms with E-state index in [0.717, 1.165) is 37.7 Å². The van der Waals surface area contributed by atoms with Gasteiger partial charge in [0.1, 0.15) is 29.5 Å². The molecule has 3 saturated heterocycles. The Morgan fingerprint density at radius 1 is 1.02 bits per heavy atom. The summed E-state index contributed by atoms with van der Waals surface area (Å²) in [5.41, 5.74) is -2.87. The number of ether oxygens (including phenoxy) is 4. The van der Waals surface area contributed by atoms with Crippen molar-refractivity contribution in [2.75, 3.05) is 6.61 Å². The Hall–Kier alpha value is -2.34. The van der Waals surface area contributed by atoms with Crippen LogP contribution in [-0.2, 0) is 28.5 Å². The largest absolute Gasteiger partial charge is 0.459 e. The van der Waals surface area contributed by atoms with Crippen LogP contribution in [0.2, 0.25) is 0 Å². The zero-order valence-electron chi connectivity index (χ0n) is 33.8. The molecule has 304 valence electrons. The van der Waals surface area contributed by atoms with Gasteiger partial charge in [-0.25, -0.2) is 4.79 Å². The number of nitrogens with one attached hydrogen (secondary N) is 1. The number of hydrogen-bond acceptors (Lipinski definition) is 9. The highest BCUT2D eigenvalue weighted by Crippen LogP contribution is 2.60. The number of fused-ring (bicyclic) bond motifs is 2. The monoisotopic (exact) mass is 763 g/mol. The first-order valence-corrected chi connectivity index (χ1v) is 21.4. The highest BCUT2D eigenvalue weighted by Gasteiger charge is 2.62. The van der Waals surface area contributed by atoms with Crippen LogP contribution in [0.25, 0.3) is 0 Å². The number of carbonyl (C=O) groups excluding carboxylic acids is 2. The number of aliphatic hydroxyl groups is 3. The zero-order chi connectivity index (χ0) is 39.1. The lowest BCUT2D eigenvalue weighted by atomic mass is 9.49. The van der Waals surface area contributed by atoms with Crippen molar-refractivity contribution in [3.05, 3.63) is 47.1 Å². The van der Waals surface area contributed by atoms with E-state index in [9.17, 15) is 24.9 Å². The summed E-state index contributed by atoms with van der Waals surface area (Å²) in [6, 6.07) is -0.270. The SMILES string of the molecule is CC[C@H](C)[C@H]1O[C@]2(CC[C@@H]1C)C[C@@H]1C[C@@H](C/C=C(\C)[C@H](NC(=O)C34CC5CC(CC(C5)C3)C4)[C@@H](C)/C=C/C=C3\CO[C@@H]4[C@H](O)[C@](C)(O)C=C(C(=O)O1)[C@]34O)O2. The average molecular weight is 764 g/mol. The van der Waals surface area contributed by atoms with E-state index in [2.05, 4.69) is 46.0 Å². The molecule has 4 N–H and O–H groups in total. The third kappa shape index (κ3) is 7.03. The second kappa shape index (κ2) is 14.5. The summed E-state index contributed by atoms with van der Waals surface area (Å²) < 4.78 is 26.2. The lowest BCUT2D eigenvalue weighted by molar-refractivity contribution is -0.340. The summed E-state index contributed by atoms with van der Waals surface area (Å²) in [4.78, 5) is 28.8. The number of amides is 1. The van der Waals surface area contributed by atoms with Gasteiger partial charge in [0.15, 0.2) is 5.79 Å². The van der Waals surface area contributed by atoms with Crippen molar-refractivity contribution in [2.45, 2.75) is 172 Å². The van der Waals surface area contributed by atoms with Crippen molar-refractivity contribution in [1.29, 1.82) is 0 Å². The van der Waals surface area contributed by atoms with Gasteiger partial charge in [0.25, 0.3) is 0 Å². The van der Waals surface area contributed by atoms with E-state index < -0.39 is 41.3 Å². The Morgan fingerprint density at radius 3 is 2.38 bits per heavy atom. The predicted molar refractivity (Wildman–Crippen MR) is 206 cm³/mol. The van der Waals surface area contributed by atoms with Crippen LogP contribution >= 0.6 is 0 Å². The van der Waals surface area contributed by atoms with Crippen LogP contribution in [0.4, 0.5) is 0 Å². The molecule has 7 fully saturated rings. The molecule has 12 atom stereocenters. The Bertz CT molecular complexity index is 1610. The summed E-state index contributed by atoms with van der Waals surface area (Å²) in [5.74, 6) is 0.983. The zero-order valence-corrected chi connectivity index (χ0v) is 33.8. The number of carbonyl (C=O) groups is 2. The first kappa shape index (κ1) is 39.5. The van der Waals surface area contributed by atoms with Gasteiger partial charge in [0.05, 0.1) is 30.4 Å². The summed E-state index contributed by atoms with van der Waals surface area (Å²) in [5, 5.41) is 38.5. The summed E-state index contributed by atoms with van der Waals surface area (Å²) in [6.07, 6.45) is 15.9. The molecule has 1 spiro atoms. The molecule has 6 bridgehead atoms. The maximum Gasteiger partial charge on any atom is 0.337 e. The lowest BCUT2D eigenvalue weighted by Crippen LogP contribution is -2.61. The van der Waals surface area contributed by atoms with Gasteiger partial charge in [0, 0.05) is 24.7 Å². The molecule has 0 unspecified atom stereocenters. The first-order chi connectivity index (χ1) is 26.0. The second-order valence-electron chi connectivity index (χ2n) is 19.6. The van der Waals surface area contributed by atoms with Gasteiger partial charge < -0.3 is 39.6 Å². The molecule has 0 radical (unpaired) electrons. The minimum Gasteiger partial charge on any atom is -0.459 e. The maximum atomic E-state index is 14.5. The van der Waals surface area contributed by atoms with Gasteiger partial charge >= 0.3 is 5.97 Å². The highest BCUT2D eigenvalue weighted by atomic mass is 16.7. The quantitative estimate of drug-likeness (QED) is 0.201. The van der Waals surface area contributed by atoms with Crippen LogP contribution in [0.3, 0.4) is 0 Å². The third-order valence-electron chi connectivity index (χ3n) is 15.3. The van der Waals surface area contributed by atoms with Gasteiger partial charge in [0.2, 0.25) is 5.91 Å². The standard InChI is InChI=1S/C45H65NO9/c1-7-25(2)37-28(5)13-14-44(55-37)22-34-18-33(54-44)12-11-27(4)36(46-41(49)43-19-29-15-30(20-43)17-31(16-29)21-43)26(3)9-8-10-32-24-52-39-38(47)42(6,50)23-35(40(48)53-34)45(32,39)51/h8-11,23,25-26,28-31,33-34,36-39,47,50-51H,7,12-22,24H2,1-6H3,(H,46,49)/b9-8+,27-11+,32-10+/t25-,26-,28-,29?,30?,31?,33+,34-,36+,37+,38-,39+,42+,43?,44+,45+/m0/s1. The third-order valence-corrected chi connectivity index (χ3v) is 15.3. The minimum absolute atomic E-state index is 0.0109. The molecule has 5 aliphatic carbocycles. The van der Waals surface area contributed by atoms with Crippen molar-refractivity contribution in [3.8, 4) is 0 Å². The number of esters is 1. The van der Waals surface area contributed by atoms with E-state index in [1.165, 1.54) is 32.3 Å². The van der Waals surface area contributed by atoms with Crippen molar-refractivity contribution >= 4 is 11.9 Å². The molecular weight excluding hydrogens is 698 g/mol. The van der Waals surface area contributed by atoms with Crippen LogP contribution in [0.15, 0.2) is 47.1 Å². The second-order valence-corrected chi connectivity index (χ2v) is 19.6. The van der Waals surface area contributed by atoms with Gasteiger partial charge in [-0.15, -0.1) is 0 Å². The highest BCUT2D eigenvalue weighted by molar-refractivity contribution is 5.93. The smallest absolute Gasteiger partial charge is 0.337 e. The van der Waals surface area contributed by atoms with E-state index in [-0.39, 0.29) is 47.7 Å². The summed E-state index contributed by atoms with van der Waals surface area (Å²) >= 11 is 0. The van der Waals surface area contributed by atoms with Crippen molar-refractivity contribution < 1.29 is 43.9 Å². The van der Waals surface area contributed by atoms with Crippen molar-refractivity contribution in [1.82, 2.24) is 5.32 Å². The fourth-order valence-electron chi connectivity index (χ4n) is 12.4. The number of rotatable bonds is 4. The first-order valence-electron chi connectivity index (χ1n) is 21.4. The van der Waals surface area contributed by atoms with Gasteiger partial charge in [-0.2, -0.15) is 0 Å². The maximum absolute atomic E-state index is 14.5. The van der Waals surface area contributed by atoms with Crippen LogP contribution in [0.1, 0.15) is 119 Å². The predicted octanol–water partition coefficient (Wildman–Crippen LogP) is 5.99. The van der Waals surface area contributed by atoms with Crippen molar-refractivity contribution in [2.24, 2.45) is 40.9 Å². The number of allylic oxidation sites excluding steroid dienone is 2. The molecule has 55 heavy (non-hydrogen) atoms. The molecule has 10 heteroatoms. The van der Waals surface area contributed by atoms with Crippen LogP contribution in [0, 0.1) is 40.9 Å². The molecule has 4 saturated carbocycles. The molecule has 9 aliphatic rings. The Morgan fingerprint density at radius 2 is 1.71 bits per heavy atom. The van der Waals surface area contributed by atoms with E-state index in [1.807, 2.05) is 12.2 Å². The molecular formula is C45H65NO9. The Kier molecular flexibility index (Phi) is 10.4. The van der Waals surface area contributed by atoms with Crippen LogP contribution < -0.4 is 5.32 Å². The summed E-state index contributed by atoms with van der Waals surface area (Å²) in [6.45, 7) is 12.2. The van der Waals surface area contributed by atoms with E-state index >= 15 is 0 Å². The molecule has 0 aromatic carbocycles. The van der Waals surface area contributed by atoms with Gasteiger partial charge in [-0.3, -0.25) is 4.79 Å². The number of aliphatic hydroxyl groups excluding tert-OH is 1. The average Bonchev–Trinajstić information content (AvgIpc) is 3.47. The van der Waals surface area contributed by atoms with E-state index in [4.69, 9.17) is 18.9 Å². The fraction of sp³-hybridized carbons (Fsp3) is 0.778. The molecule has 0 aromatic heterocycles. The molecule has 10 nitrogen and oxygen atoms in total.